The van der Waals surface area contributed by atoms with Crippen LogP contribution in [0.25, 0.3) is 0 Å². The standard InChI is InChI=1S/C8H14N2O2/c1-4-12-8(11)6-5-7-9-10(2)3/h5-7H,4H2,1-3H3/b6-5-,9-7+. The first kappa shape index (κ1) is 10.7. The quantitative estimate of drug-likeness (QED) is 0.269. The van der Waals surface area contributed by atoms with Gasteiger partial charge in [-0.2, -0.15) is 5.10 Å². The first-order valence-electron chi connectivity index (χ1n) is 3.71. The minimum absolute atomic E-state index is 0.345. The fraction of sp³-hybridized carbons (Fsp3) is 0.500. The van der Waals surface area contributed by atoms with Gasteiger partial charge in [-0.1, -0.05) is 0 Å². The summed E-state index contributed by atoms with van der Waals surface area (Å²) in [5.74, 6) is -0.345. The zero-order chi connectivity index (χ0) is 9.40. The summed E-state index contributed by atoms with van der Waals surface area (Å²) in [5, 5.41) is 5.50. The van der Waals surface area contributed by atoms with Gasteiger partial charge in [0.25, 0.3) is 0 Å². The van der Waals surface area contributed by atoms with E-state index in [0.29, 0.717) is 6.61 Å². The molecule has 0 aliphatic rings. The molecule has 68 valence electrons. The first-order valence-corrected chi connectivity index (χ1v) is 3.71. The van der Waals surface area contributed by atoms with Gasteiger partial charge >= 0.3 is 5.97 Å². The zero-order valence-corrected chi connectivity index (χ0v) is 7.65. The molecule has 0 N–H and O–H groups in total. The van der Waals surface area contributed by atoms with E-state index in [9.17, 15) is 4.79 Å². The van der Waals surface area contributed by atoms with Crippen LogP contribution in [-0.4, -0.2) is 37.9 Å². The summed E-state index contributed by atoms with van der Waals surface area (Å²) < 4.78 is 4.65. The fourth-order valence-electron chi connectivity index (χ4n) is 0.484. The predicted molar refractivity (Wildman–Crippen MR) is 48.0 cm³/mol. The Morgan fingerprint density at radius 1 is 1.58 bits per heavy atom. The summed E-state index contributed by atoms with van der Waals surface area (Å²) in [5.41, 5.74) is 0. The number of hydrazone groups is 1. The van der Waals surface area contributed by atoms with Crippen LogP contribution in [0.15, 0.2) is 17.3 Å². The summed E-state index contributed by atoms with van der Waals surface area (Å²) in [7, 11) is 3.60. The molecule has 0 saturated carbocycles. The Kier molecular flexibility index (Phi) is 5.69. The number of allylic oxidation sites excluding steroid dienone is 1. The van der Waals surface area contributed by atoms with Gasteiger partial charge in [0.2, 0.25) is 0 Å². The lowest BCUT2D eigenvalue weighted by Gasteiger charge is -1.99. The number of hydrogen-bond donors (Lipinski definition) is 0. The lowest BCUT2D eigenvalue weighted by Crippen LogP contribution is -2.01. The molecular formula is C8H14N2O2. The Bertz CT molecular complexity index is 185. The molecule has 0 spiro atoms. The number of carbonyl (C=O) groups excluding carboxylic acids is 1. The fourth-order valence-corrected chi connectivity index (χ4v) is 0.484. The highest BCUT2D eigenvalue weighted by atomic mass is 16.5. The van der Waals surface area contributed by atoms with Gasteiger partial charge < -0.3 is 9.75 Å². The van der Waals surface area contributed by atoms with Crippen LogP contribution < -0.4 is 0 Å². The van der Waals surface area contributed by atoms with Crippen LogP contribution in [0.3, 0.4) is 0 Å². The van der Waals surface area contributed by atoms with E-state index >= 15 is 0 Å². The molecule has 0 fully saturated rings. The average molecular weight is 170 g/mol. The molecule has 0 atom stereocenters. The Balaban J connectivity index is 3.68. The molecule has 0 rings (SSSR count). The number of ether oxygens (including phenoxy) is 1. The highest BCUT2D eigenvalue weighted by molar-refractivity contribution is 5.87. The molecule has 0 aromatic rings. The van der Waals surface area contributed by atoms with E-state index < -0.39 is 0 Å². The van der Waals surface area contributed by atoms with E-state index in [-0.39, 0.29) is 5.97 Å². The number of nitrogens with zero attached hydrogens (tertiary/aromatic N) is 2. The molecule has 0 saturated heterocycles. The maximum absolute atomic E-state index is 10.7. The second kappa shape index (κ2) is 6.39. The molecule has 0 aromatic carbocycles. The number of rotatable bonds is 4. The van der Waals surface area contributed by atoms with Crippen LogP contribution in [0.2, 0.25) is 0 Å². The zero-order valence-electron chi connectivity index (χ0n) is 7.65. The molecule has 4 nitrogen and oxygen atoms in total. The second-order valence-electron chi connectivity index (χ2n) is 2.22. The Hall–Kier alpha value is -1.32. The smallest absolute Gasteiger partial charge is 0.330 e. The lowest BCUT2D eigenvalue weighted by atomic mass is 10.5. The van der Waals surface area contributed by atoms with Crippen molar-refractivity contribution in [2.75, 3.05) is 20.7 Å². The highest BCUT2D eigenvalue weighted by Gasteiger charge is 1.89. The Labute approximate surface area is 72.5 Å². The van der Waals surface area contributed by atoms with Crippen LogP contribution >= 0.6 is 0 Å². The number of carbonyl (C=O) groups is 1. The molecule has 0 amide bonds. The van der Waals surface area contributed by atoms with Crippen molar-refractivity contribution in [3.8, 4) is 0 Å². The molecular weight excluding hydrogens is 156 g/mol. The summed E-state index contributed by atoms with van der Waals surface area (Å²) in [6.07, 6.45) is 4.39. The molecule has 0 heterocycles. The largest absolute Gasteiger partial charge is 0.463 e. The van der Waals surface area contributed by atoms with Gasteiger partial charge in [-0.25, -0.2) is 4.79 Å². The molecule has 0 aliphatic carbocycles. The van der Waals surface area contributed by atoms with Gasteiger partial charge in [-0.15, -0.1) is 0 Å². The van der Waals surface area contributed by atoms with Crippen LogP contribution in [0.4, 0.5) is 0 Å². The topological polar surface area (TPSA) is 41.9 Å². The lowest BCUT2D eigenvalue weighted by molar-refractivity contribution is -0.137. The van der Waals surface area contributed by atoms with E-state index in [1.54, 1.807) is 26.0 Å². The van der Waals surface area contributed by atoms with E-state index in [4.69, 9.17) is 0 Å². The van der Waals surface area contributed by atoms with E-state index in [1.165, 1.54) is 18.4 Å². The first-order chi connectivity index (χ1) is 5.66. The molecule has 4 heteroatoms. The third-order valence-electron chi connectivity index (χ3n) is 0.903. The Morgan fingerprint density at radius 2 is 2.25 bits per heavy atom. The maximum Gasteiger partial charge on any atom is 0.330 e. The Morgan fingerprint density at radius 3 is 2.75 bits per heavy atom. The summed E-state index contributed by atoms with van der Waals surface area (Å²) in [6.45, 7) is 2.16. The van der Waals surface area contributed by atoms with Gasteiger partial charge in [0, 0.05) is 26.4 Å². The van der Waals surface area contributed by atoms with Crippen molar-refractivity contribution < 1.29 is 9.53 Å². The molecule has 0 radical (unpaired) electrons. The van der Waals surface area contributed by atoms with Crippen molar-refractivity contribution in [3.05, 3.63) is 12.2 Å². The van der Waals surface area contributed by atoms with Crippen LogP contribution in [0, 0.1) is 0 Å². The van der Waals surface area contributed by atoms with Crippen molar-refractivity contribution in [1.82, 2.24) is 5.01 Å². The molecule has 0 unspecified atom stereocenters. The maximum atomic E-state index is 10.7. The second-order valence-corrected chi connectivity index (χ2v) is 2.22. The number of esters is 1. The van der Waals surface area contributed by atoms with E-state index in [2.05, 4.69) is 9.84 Å². The SMILES string of the molecule is CCOC(=O)/C=C\C=N\N(C)C. The van der Waals surface area contributed by atoms with E-state index in [0.717, 1.165) is 0 Å². The number of hydrogen-bond acceptors (Lipinski definition) is 4. The molecule has 0 aromatic heterocycles. The third-order valence-corrected chi connectivity index (χ3v) is 0.903. The predicted octanol–water partition coefficient (Wildman–Crippen LogP) is 0.653. The summed E-state index contributed by atoms with van der Waals surface area (Å²) in [4.78, 5) is 10.7. The van der Waals surface area contributed by atoms with Crippen LogP contribution in [0.1, 0.15) is 6.92 Å². The van der Waals surface area contributed by atoms with Gasteiger partial charge in [0.1, 0.15) is 0 Å². The van der Waals surface area contributed by atoms with E-state index in [1.807, 2.05) is 0 Å². The van der Waals surface area contributed by atoms with Crippen LogP contribution in [-0.2, 0) is 9.53 Å². The van der Waals surface area contributed by atoms with Gasteiger partial charge in [-0.05, 0) is 13.0 Å². The molecule has 0 bridgehead atoms. The van der Waals surface area contributed by atoms with Gasteiger partial charge in [0.05, 0.1) is 6.61 Å². The minimum Gasteiger partial charge on any atom is -0.463 e. The summed E-state index contributed by atoms with van der Waals surface area (Å²) in [6, 6.07) is 0. The average Bonchev–Trinajstić information content (AvgIpc) is 1.98. The normalized spacial score (nSPS) is 10.9. The van der Waals surface area contributed by atoms with Crippen molar-refractivity contribution in [2.45, 2.75) is 6.92 Å². The summed E-state index contributed by atoms with van der Waals surface area (Å²) >= 11 is 0. The monoisotopic (exact) mass is 170 g/mol. The van der Waals surface area contributed by atoms with Gasteiger partial charge in [-0.3, -0.25) is 0 Å². The third kappa shape index (κ3) is 6.80. The van der Waals surface area contributed by atoms with Crippen molar-refractivity contribution in [3.63, 3.8) is 0 Å². The van der Waals surface area contributed by atoms with Crippen molar-refractivity contribution in [2.24, 2.45) is 5.10 Å². The minimum atomic E-state index is -0.345. The van der Waals surface area contributed by atoms with Gasteiger partial charge in [0.15, 0.2) is 0 Å². The van der Waals surface area contributed by atoms with Crippen LogP contribution in [0.5, 0.6) is 0 Å². The molecule has 0 aliphatic heterocycles. The van der Waals surface area contributed by atoms with Crippen molar-refractivity contribution in [1.29, 1.82) is 0 Å². The van der Waals surface area contributed by atoms with Crippen molar-refractivity contribution >= 4 is 12.2 Å². The highest BCUT2D eigenvalue weighted by Crippen LogP contribution is 1.80. The molecule has 12 heavy (non-hydrogen) atoms.